The van der Waals surface area contributed by atoms with Crippen LogP contribution in [0.2, 0.25) is 0 Å². The van der Waals surface area contributed by atoms with Crippen molar-refractivity contribution < 1.29 is 9.59 Å². The van der Waals surface area contributed by atoms with E-state index in [0.29, 0.717) is 17.8 Å². The standard InChI is InChI=1S/C13H14N2O2S/c1-9(16)10-6-12(14-7-10)13(17)15(2)8-11-4-3-5-18-11/h3-7,14H,8H2,1-2H3. The van der Waals surface area contributed by atoms with Crippen molar-refractivity contribution in [2.24, 2.45) is 0 Å². The third kappa shape index (κ3) is 2.68. The van der Waals surface area contributed by atoms with Crippen LogP contribution in [0.1, 0.15) is 32.6 Å². The quantitative estimate of drug-likeness (QED) is 0.861. The molecule has 4 nitrogen and oxygen atoms in total. The minimum atomic E-state index is -0.115. The molecule has 1 amide bonds. The first-order valence-corrected chi connectivity index (χ1v) is 6.43. The molecule has 0 spiro atoms. The molecule has 0 aliphatic heterocycles. The number of thiophene rings is 1. The first-order chi connectivity index (χ1) is 8.58. The Hall–Kier alpha value is -1.88. The molecule has 2 rings (SSSR count). The Morgan fingerprint density at radius 1 is 1.44 bits per heavy atom. The topological polar surface area (TPSA) is 53.2 Å². The lowest BCUT2D eigenvalue weighted by atomic mass is 10.2. The van der Waals surface area contributed by atoms with Crippen LogP contribution in [0.4, 0.5) is 0 Å². The van der Waals surface area contributed by atoms with Crippen LogP contribution in [0.3, 0.4) is 0 Å². The van der Waals surface area contributed by atoms with Gasteiger partial charge < -0.3 is 9.88 Å². The van der Waals surface area contributed by atoms with Gasteiger partial charge in [-0.3, -0.25) is 9.59 Å². The average Bonchev–Trinajstić information content (AvgIpc) is 2.98. The summed E-state index contributed by atoms with van der Waals surface area (Å²) in [5, 5.41) is 1.98. The molecule has 0 saturated heterocycles. The summed E-state index contributed by atoms with van der Waals surface area (Å²) in [5.74, 6) is -0.165. The van der Waals surface area contributed by atoms with Crippen LogP contribution in [0.5, 0.6) is 0 Å². The zero-order valence-electron chi connectivity index (χ0n) is 10.3. The summed E-state index contributed by atoms with van der Waals surface area (Å²) in [6.07, 6.45) is 1.56. The van der Waals surface area contributed by atoms with E-state index in [1.54, 1.807) is 35.5 Å². The zero-order valence-corrected chi connectivity index (χ0v) is 11.1. The molecular weight excluding hydrogens is 248 g/mol. The van der Waals surface area contributed by atoms with E-state index in [9.17, 15) is 9.59 Å². The van der Waals surface area contributed by atoms with Crippen molar-refractivity contribution in [2.45, 2.75) is 13.5 Å². The lowest BCUT2D eigenvalue weighted by Crippen LogP contribution is -2.26. The van der Waals surface area contributed by atoms with E-state index in [1.807, 2.05) is 17.5 Å². The Morgan fingerprint density at radius 2 is 2.22 bits per heavy atom. The van der Waals surface area contributed by atoms with E-state index in [1.165, 1.54) is 6.92 Å². The van der Waals surface area contributed by atoms with Gasteiger partial charge in [0.25, 0.3) is 5.91 Å². The first-order valence-electron chi connectivity index (χ1n) is 5.55. The second kappa shape index (κ2) is 5.18. The Labute approximate surface area is 109 Å². The second-order valence-electron chi connectivity index (χ2n) is 4.10. The number of hydrogen-bond acceptors (Lipinski definition) is 3. The van der Waals surface area contributed by atoms with Gasteiger partial charge in [-0.1, -0.05) is 6.07 Å². The molecule has 5 heteroatoms. The van der Waals surface area contributed by atoms with Crippen molar-refractivity contribution in [1.29, 1.82) is 0 Å². The predicted molar refractivity (Wildman–Crippen MR) is 70.9 cm³/mol. The summed E-state index contributed by atoms with van der Waals surface area (Å²) < 4.78 is 0. The third-order valence-corrected chi connectivity index (χ3v) is 3.50. The number of aromatic amines is 1. The molecule has 0 aliphatic rings. The molecule has 18 heavy (non-hydrogen) atoms. The smallest absolute Gasteiger partial charge is 0.270 e. The molecule has 2 aromatic rings. The van der Waals surface area contributed by atoms with Crippen LogP contribution in [0.15, 0.2) is 29.8 Å². The molecule has 1 N–H and O–H groups in total. The van der Waals surface area contributed by atoms with Gasteiger partial charge in [-0.05, 0) is 24.4 Å². The van der Waals surface area contributed by atoms with Gasteiger partial charge in [0.15, 0.2) is 5.78 Å². The fraction of sp³-hybridized carbons (Fsp3) is 0.231. The van der Waals surface area contributed by atoms with Gasteiger partial charge in [0.05, 0.1) is 6.54 Å². The maximum absolute atomic E-state index is 12.1. The second-order valence-corrected chi connectivity index (χ2v) is 5.13. The van der Waals surface area contributed by atoms with Crippen LogP contribution >= 0.6 is 11.3 Å². The number of amides is 1. The van der Waals surface area contributed by atoms with Gasteiger partial charge in [0.2, 0.25) is 0 Å². The minimum Gasteiger partial charge on any atom is -0.356 e. The molecule has 94 valence electrons. The van der Waals surface area contributed by atoms with Crippen molar-refractivity contribution in [3.63, 3.8) is 0 Å². The Bertz CT molecular complexity index is 557. The van der Waals surface area contributed by atoms with Crippen molar-refractivity contribution in [2.75, 3.05) is 7.05 Å². The highest BCUT2D eigenvalue weighted by molar-refractivity contribution is 7.09. The molecule has 0 radical (unpaired) electrons. The minimum absolute atomic E-state index is 0.0498. The number of nitrogens with zero attached hydrogens (tertiary/aromatic N) is 1. The number of hydrogen-bond donors (Lipinski definition) is 1. The zero-order chi connectivity index (χ0) is 13.1. The summed E-state index contributed by atoms with van der Waals surface area (Å²) in [7, 11) is 1.75. The summed E-state index contributed by atoms with van der Waals surface area (Å²) in [6.45, 7) is 2.05. The van der Waals surface area contributed by atoms with Crippen molar-refractivity contribution in [3.05, 3.63) is 45.9 Å². The lowest BCUT2D eigenvalue weighted by Gasteiger charge is -2.14. The Morgan fingerprint density at radius 3 is 2.78 bits per heavy atom. The summed E-state index contributed by atoms with van der Waals surface area (Å²) in [4.78, 5) is 28.9. The highest BCUT2D eigenvalue weighted by atomic mass is 32.1. The molecule has 0 unspecified atom stereocenters. The normalized spacial score (nSPS) is 10.3. The van der Waals surface area contributed by atoms with E-state index in [0.717, 1.165) is 4.88 Å². The molecule has 0 fully saturated rings. The monoisotopic (exact) mass is 262 g/mol. The van der Waals surface area contributed by atoms with E-state index in [2.05, 4.69) is 4.98 Å². The largest absolute Gasteiger partial charge is 0.356 e. The van der Waals surface area contributed by atoms with E-state index < -0.39 is 0 Å². The fourth-order valence-electron chi connectivity index (χ4n) is 1.63. The van der Waals surface area contributed by atoms with Gasteiger partial charge in [-0.15, -0.1) is 11.3 Å². The maximum Gasteiger partial charge on any atom is 0.270 e. The Kier molecular flexibility index (Phi) is 3.62. The number of carbonyl (C=O) groups is 2. The van der Waals surface area contributed by atoms with Gasteiger partial charge in [0.1, 0.15) is 5.69 Å². The van der Waals surface area contributed by atoms with Gasteiger partial charge in [-0.2, -0.15) is 0 Å². The predicted octanol–water partition coefficient (Wildman–Crippen LogP) is 2.55. The Balaban J connectivity index is 2.08. The lowest BCUT2D eigenvalue weighted by molar-refractivity contribution is 0.0781. The number of nitrogens with one attached hydrogen (secondary N) is 1. The van der Waals surface area contributed by atoms with Crippen molar-refractivity contribution >= 4 is 23.0 Å². The first kappa shape index (κ1) is 12.6. The van der Waals surface area contributed by atoms with Crippen LogP contribution in [0, 0.1) is 0 Å². The number of Topliss-reactive ketones (excluding diaryl/α,β-unsaturated/α-hetero) is 1. The van der Waals surface area contributed by atoms with Crippen LogP contribution in [-0.4, -0.2) is 28.6 Å². The number of ketones is 1. The van der Waals surface area contributed by atoms with Crippen molar-refractivity contribution in [1.82, 2.24) is 9.88 Å². The molecule has 0 bridgehead atoms. The van der Waals surface area contributed by atoms with E-state index in [-0.39, 0.29) is 11.7 Å². The molecule has 0 aliphatic carbocycles. The van der Waals surface area contributed by atoms with Gasteiger partial charge in [0, 0.05) is 23.7 Å². The number of carbonyl (C=O) groups excluding carboxylic acids is 2. The third-order valence-electron chi connectivity index (χ3n) is 2.64. The highest BCUT2D eigenvalue weighted by Crippen LogP contribution is 2.13. The molecular formula is C13H14N2O2S. The van der Waals surface area contributed by atoms with Gasteiger partial charge in [-0.25, -0.2) is 0 Å². The van der Waals surface area contributed by atoms with E-state index >= 15 is 0 Å². The van der Waals surface area contributed by atoms with Crippen molar-refractivity contribution in [3.8, 4) is 0 Å². The maximum atomic E-state index is 12.1. The fourth-order valence-corrected chi connectivity index (χ4v) is 2.39. The molecule has 0 aromatic carbocycles. The summed E-state index contributed by atoms with van der Waals surface area (Å²) in [5.41, 5.74) is 0.974. The number of rotatable bonds is 4. The SMILES string of the molecule is CC(=O)c1c[nH]c(C(=O)N(C)Cc2cccs2)c1. The molecule has 2 aromatic heterocycles. The average molecular weight is 262 g/mol. The highest BCUT2D eigenvalue weighted by Gasteiger charge is 2.15. The van der Waals surface area contributed by atoms with E-state index in [4.69, 9.17) is 0 Å². The summed E-state index contributed by atoms with van der Waals surface area (Å²) >= 11 is 1.62. The molecule has 0 atom stereocenters. The number of H-pyrrole nitrogens is 1. The van der Waals surface area contributed by atoms with Crippen LogP contribution in [0.25, 0.3) is 0 Å². The van der Waals surface area contributed by atoms with Gasteiger partial charge >= 0.3 is 0 Å². The van der Waals surface area contributed by atoms with Crippen LogP contribution in [-0.2, 0) is 6.54 Å². The van der Waals surface area contributed by atoms with Crippen LogP contribution < -0.4 is 0 Å². The summed E-state index contributed by atoms with van der Waals surface area (Å²) in [6, 6.07) is 5.54. The molecule has 0 saturated carbocycles. The molecule has 2 heterocycles. The number of aromatic nitrogens is 1.